The largest absolute Gasteiger partial charge is 0.397 e. The van der Waals surface area contributed by atoms with Crippen molar-refractivity contribution in [2.45, 2.75) is 23.4 Å². The van der Waals surface area contributed by atoms with Crippen molar-refractivity contribution >= 4 is 27.1 Å². The first-order valence-corrected chi connectivity index (χ1v) is 12.4. The lowest BCUT2D eigenvalue weighted by molar-refractivity contribution is 0.0886. The van der Waals surface area contributed by atoms with E-state index in [0.29, 0.717) is 24.2 Å². The van der Waals surface area contributed by atoms with E-state index in [-0.39, 0.29) is 16.3 Å². The molecule has 10 heteroatoms. The Balaban J connectivity index is 1.57. The van der Waals surface area contributed by atoms with E-state index in [0.717, 1.165) is 24.9 Å². The summed E-state index contributed by atoms with van der Waals surface area (Å²) in [5.74, 6) is -0.479. The summed E-state index contributed by atoms with van der Waals surface area (Å²) in [6.07, 6.45) is 5.99. The van der Waals surface area contributed by atoms with Crippen LogP contribution in [0.2, 0.25) is 0 Å². The summed E-state index contributed by atoms with van der Waals surface area (Å²) in [7, 11) is -3.38. The highest BCUT2D eigenvalue weighted by atomic mass is 32.2. The number of anilines is 2. The van der Waals surface area contributed by atoms with Crippen LogP contribution in [-0.2, 0) is 9.84 Å². The smallest absolute Gasteiger partial charge is 0.273 e. The van der Waals surface area contributed by atoms with Gasteiger partial charge >= 0.3 is 0 Å². The summed E-state index contributed by atoms with van der Waals surface area (Å²) in [5, 5.41) is 2.91. The van der Waals surface area contributed by atoms with Crippen molar-refractivity contribution in [1.29, 1.82) is 0 Å². The normalized spacial score (nSPS) is 18.7. The molecule has 0 aliphatic carbocycles. The maximum absolute atomic E-state index is 13.1. The second kappa shape index (κ2) is 8.80. The molecule has 33 heavy (non-hydrogen) atoms. The first-order valence-electron chi connectivity index (χ1n) is 10.5. The third-order valence-electron chi connectivity index (χ3n) is 5.61. The molecule has 1 atom stereocenters. The van der Waals surface area contributed by atoms with Gasteiger partial charge in [0.05, 0.1) is 22.8 Å². The third-order valence-corrected chi connectivity index (χ3v) is 6.72. The Morgan fingerprint density at radius 1 is 1.15 bits per heavy atom. The molecule has 1 aliphatic rings. The van der Waals surface area contributed by atoms with Crippen LogP contribution in [0.5, 0.6) is 0 Å². The minimum absolute atomic E-state index is 0.0446. The molecule has 2 aromatic heterocycles. The van der Waals surface area contributed by atoms with Crippen LogP contribution in [0.3, 0.4) is 0 Å². The number of rotatable bonds is 5. The van der Waals surface area contributed by atoms with Gasteiger partial charge in [0.2, 0.25) is 0 Å². The van der Waals surface area contributed by atoms with Crippen molar-refractivity contribution in [1.82, 2.24) is 15.3 Å². The van der Waals surface area contributed by atoms with Gasteiger partial charge in [-0.3, -0.25) is 9.78 Å². The van der Waals surface area contributed by atoms with Crippen molar-refractivity contribution in [3.8, 4) is 11.3 Å². The second-order valence-corrected chi connectivity index (χ2v) is 10.3. The molecule has 0 saturated carbocycles. The van der Waals surface area contributed by atoms with Crippen LogP contribution < -0.4 is 21.7 Å². The molecule has 0 spiro atoms. The molecule has 0 radical (unpaired) electrons. The fourth-order valence-corrected chi connectivity index (χ4v) is 4.61. The molecule has 1 aliphatic heterocycles. The number of carbonyl (C=O) groups is 1. The van der Waals surface area contributed by atoms with Crippen LogP contribution in [0.4, 0.5) is 11.4 Å². The van der Waals surface area contributed by atoms with Gasteiger partial charge in [-0.25, -0.2) is 13.4 Å². The molecule has 3 aromatic rings. The van der Waals surface area contributed by atoms with Gasteiger partial charge in [0, 0.05) is 36.4 Å². The molecule has 172 valence electrons. The number of nitrogens with zero attached hydrogens (tertiary/aromatic N) is 3. The number of carbonyl (C=O) groups excluding carboxylic acids is 1. The molecular weight excluding hydrogens is 440 g/mol. The van der Waals surface area contributed by atoms with Gasteiger partial charge in [-0.05, 0) is 49.2 Å². The van der Waals surface area contributed by atoms with E-state index in [1.807, 2.05) is 12.1 Å². The molecule has 0 bridgehead atoms. The standard InChI is InChI=1S/C23H26N6O3S/c1-33(31,32)18-5-2-4-16(14-18)20-7-6-19(24)21(27-20)22(30)28-23(25)10-3-13-29(15-23)17-8-11-26-12-9-17/h2,4-9,11-12,14H,3,10,13,15,24-25H2,1H3,(H,28,30)/t23-/m0/s1. The zero-order valence-electron chi connectivity index (χ0n) is 18.2. The Hall–Kier alpha value is -3.50. The maximum Gasteiger partial charge on any atom is 0.273 e. The average molecular weight is 467 g/mol. The molecule has 1 saturated heterocycles. The first kappa shape index (κ1) is 22.7. The lowest BCUT2D eigenvalue weighted by Crippen LogP contribution is -2.64. The van der Waals surface area contributed by atoms with Crippen molar-refractivity contribution in [2.24, 2.45) is 5.73 Å². The summed E-state index contributed by atoms with van der Waals surface area (Å²) >= 11 is 0. The molecule has 1 amide bonds. The molecular formula is C23H26N6O3S. The first-order chi connectivity index (χ1) is 15.6. The number of amides is 1. The maximum atomic E-state index is 13.1. The highest BCUT2D eigenvalue weighted by molar-refractivity contribution is 7.90. The van der Waals surface area contributed by atoms with Gasteiger partial charge in [-0.2, -0.15) is 0 Å². The number of piperidine rings is 1. The number of nitrogens with one attached hydrogen (secondary N) is 1. The minimum atomic E-state index is -3.38. The van der Waals surface area contributed by atoms with Crippen LogP contribution in [0.15, 0.2) is 65.8 Å². The molecule has 3 heterocycles. The minimum Gasteiger partial charge on any atom is -0.397 e. The summed E-state index contributed by atoms with van der Waals surface area (Å²) in [4.78, 5) is 23.9. The van der Waals surface area contributed by atoms with Gasteiger partial charge in [-0.15, -0.1) is 0 Å². The van der Waals surface area contributed by atoms with Gasteiger partial charge in [0.1, 0.15) is 5.66 Å². The second-order valence-electron chi connectivity index (χ2n) is 8.28. The average Bonchev–Trinajstić information content (AvgIpc) is 2.79. The van der Waals surface area contributed by atoms with Crippen molar-refractivity contribution in [3.63, 3.8) is 0 Å². The van der Waals surface area contributed by atoms with Crippen molar-refractivity contribution in [3.05, 3.63) is 66.6 Å². The number of hydrogen-bond acceptors (Lipinski definition) is 8. The summed E-state index contributed by atoms with van der Waals surface area (Å²) in [6.45, 7) is 1.25. The van der Waals surface area contributed by atoms with E-state index < -0.39 is 21.4 Å². The molecule has 9 nitrogen and oxygen atoms in total. The predicted molar refractivity (Wildman–Crippen MR) is 127 cm³/mol. The summed E-state index contributed by atoms with van der Waals surface area (Å²) < 4.78 is 23.8. The van der Waals surface area contributed by atoms with Gasteiger partial charge in [0.15, 0.2) is 15.5 Å². The lowest BCUT2D eigenvalue weighted by Gasteiger charge is -2.41. The van der Waals surface area contributed by atoms with Gasteiger partial charge < -0.3 is 21.7 Å². The number of nitrogens with two attached hydrogens (primary N) is 2. The number of benzene rings is 1. The van der Waals surface area contributed by atoms with Crippen LogP contribution >= 0.6 is 0 Å². The zero-order valence-corrected chi connectivity index (χ0v) is 19.0. The predicted octanol–water partition coefficient (Wildman–Crippen LogP) is 1.81. The SMILES string of the molecule is CS(=O)(=O)c1cccc(-c2ccc(N)c(C(=O)N[C@@]3(N)CCCN(c4ccncc4)C3)n2)c1. The third kappa shape index (κ3) is 5.12. The quantitative estimate of drug-likeness (QED) is 0.483. The number of pyridine rings is 2. The molecule has 1 fully saturated rings. The fourth-order valence-electron chi connectivity index (χ4n) is 3.95. The van der Waals surface area contributed by atoms with Crippen LogP contribution in [0.25, 0.3) is 11.3 Å². The van der Waals surface area contributed by atoms with Crippen LogP contribution in [0, 0.1) is 0 Å². The number of hydrogen-bond donors (Lipinski definition) is 3. The fraction of sp³-hybridized carbons (Fsp3) is 0.261. The Morgan fingerprint density at radius 2 is 1.91 bits per heavy atom. The topological polar surface area (TPSA) is 144 Å². The number of aromatic nitrogens is 2. The van der Waals surface area contributed by atoms with Crippen molar-refractivity contribution < 1.29 is 13.2 Å². The molecule has 5 N–H and O–H groups in total. The van der Waals surface area contributed by atoms with E-state index in [9.17, 15) is 13.2 Å². The summed E-state index contributed by atoms with van der Waals surface area (Å²) in [5.41, 5.74) is 13.9. The molecule has 0 unspecified atom stereocenters. The van der Waals surface area contributed by atoms with Gasteiger partial charge in [0.25, 0.3) is 5.91 Å². The number of sulfone groups is 1. The van der Waals surface area contributed by atoms with E-state index >= 15 is 0 Å². The Morgan fingerprint density at radius 3 is 2.64 bits per heavy atom. The molecule has 1 aromatic carbocycles. The van der Waals surface area contributed by atoms with Crippen LogP contribution in [-0.4, -0.2) is 49.3 Å². The molecule has 4 rings (SSSR count). The van der Waals surface area contributed by atoms with E-state index in [2.05, 4.69) is 20.2 Å². The van der Waals surface area contributed by atoms with Crippen LogP contribution in [0.1, 0.15) is 23.3 Å². The van der Waals surface area contributed by atoms with E-state index in [4.69, 9.17) is 11.5 Å². The van der Waals surface area contributed by atoms with E-state index in [1.54, 1.807) is 36.7 Å². The highest BCUT2D eigenvalue weighted by Gasteiger charge is 2.34. The monoisotopic (exact) mass is 466 g/mol. The Kier molecular flexibility index (Phi) is 6.05. The number of nitrogen functional groups attached to an aromatic ring is 1. The Bertz CT molecular complexity index is 1280. The Labute approximate surface area is 192 Å². The van der Waals surface area contributed by atoms with Gasteiger partial charge in [-0.1, -0.05) is 12.1 Å². The summed E-state index contributed by atoms with van der Waals surface area (Å²) in [6, 6.07) is 13.4. The van der Waals surface area contributed by atoms with E-state index in [1.165, 1.54) is 12.1 Å². The van der Waals surface area contributed by atoms with Crippen molar-refractivity contribution in [2.75, 3.05) is 30.0 Å². The lowest BCUT2D eigenvalue weighted by atomic mass is 9.98. The zero-order chi connectivity index (χ0) is 23.6. The highest BCUT2D eigenvalue weighted by Crippen LogP contribution is 2.25.